The van der Waals surface area contributed by atoms with Gasteiger partial charge in [-0.1, -0.05) is 54.6 Å². The topological polar surface area (TPSA) is 29.1 Å². The molecule has 1 N–H and O–H groups in total. The van der Waals surface area contributed by atoms with Gasteiger partial charge in [0.2, 0.25) is 5.91 Å². The van der Waals surface area contributed by atoms with E-state index in [1.807, 2.05) is 54.6 Å². The van der Waals surface area contributed by atoms with Gasteiger partial charge >= 0.3 is 0 Å². The molecule has 0 fully saturated rings. The molecule has 0 saturated carbocycles. The second kappa shape index (κ2) is 3.10. The molecule has 1 spiro atoms. The molecule has 18 heavy (non-hydrogen) atoms. The van der Waals surface area contributed by atoms with Crippen LogP contribution in [0.15, 0.2) is 54.6 Å². The Morgan fingerprint density at radius 2 is 1.61 bits per heavy atom. The molecule has 1 aliphatic heterocycles. The van der Waals surface area contributed by atoms with Crippen molar-refractivity contribution < 1.29 is 4.79 Å². The van der Waals surface area contributed by atoms with Gasteiger partial charge < -0.3 is 5.32 Å². The number of benzene rings is 2. The van der Waals surface area contributed by atoms with E-state index >= 15 is 0 Å². The van der Waals surface area contributed by atoms with Crippen LogP contribution in [0, 0.1) is 0 Å². The normalized spacial score (nSPS) is 23.0. The summed E-state index contributed by atoms with van der Waals surface area (Å²) in [5, 5.41) is 2.98. The molecule has 0 bridgehead atoms. The van der Waals surface area contributed by atoms with Crippen LogP contribution < -0.4 is 5.32 Å². The van der Waals surface area contributed by atoms with Crippen molar-refractivity contribution in [1.29, 1.82) is 0 Å². The molecule has 1 amide bonds. The summed E-state index contributed by atoms with van der Waals surface area (Å²) in [6, 6.07) is 16.0. The van der Waals surface area contributed by atoms with E-state index in [1.54, 1.807) is 0 Å². The number of nitrogens with one attached hydrogen (secondary N) is 1. The van der Waals surface area contributed by atoms with E-state index in [-0.39, 0.29) is 5.91 Å². The smallest absolute Gasteiger partial charge is 0.243 e. The van der Waals surface area contributed by atoms with Crippen LogP contribution in [0.2, 0.25) is 0 Å². The second-order valence-corrected chi connectivity index (χ2v) is 4.73. The molecule has 0 radical (unpaired) electrons. The summed E-state index contributed by atoms with van der Waals surface area (Å²) in [4.78, 5) is 12.5. The zero-order valence-corrected chi connectivity index (χ0v) is 9.68. The van der Waals surface area contributed by atoms with Gasteiger partial charge in [0, 0.05) is 5.69 Å². The van der Waals surface area contributed by atoms with E-state index < -0.39 is 5.41 Å². The molecule has 0 aromatic heterocycles. The van der Waals surface area contributed by atoms with Crippen LogP contribution in [0.1, 0.15) is 16.7 Å². The third-order valence-corrected chi connectivity index (χ3v) is 3.86. The zero-order chi connectivity index (χ0) is 12.2. The predicted octanol–water partition coefficient (Wildman–Crippen LogP) is 2.95. The van der Waals surface area contributed by atoms with Gasteiger partial charge in [0.05, 0.1) is 0 Å². The molecular weight excluding hydrogens is 222 g/mol. The Morgan fingerprint density at radius 1 is 0.889 bits per heavy atom. The van der Waals surface area contributed by atoms with Crippen LogP contribution >= 0.6 is 0 Å². The van der Waals surface area contributed by atoms with Crippen molar-refractivity contribution in [1.82, 2.24) is 0 Å². The van der Waals surface area contributed by atoms with Crippen LogP contribution in [-0.2, 0) is 10.2 Å². The Kier molecular flexibility index (Phi) is 1.67. The molecule has 1 atom stereocenters. The molecule has 1 unspecified atom stereocenters. The van der Waals surface area contributed by atoms with Crippen LogP contribution in [0.25, 0.3) is 6.08 Å². The number of anilines is 1. The lowest BCUT2D eigenvalue weighted by molar-refractivity contribution is -0.118. The fraction of sp³-hybridized carbons (Fsp3) is 0.0625. The van der Waals surface area contributed by atoms with Crippen molar-refractivity contribution in [2.45, 2.75) is 5.41 Å². The number of carbonyl (C=O) groups is 1. The van der Waals surface area contributed by atoms with E-state index in [0.29, 0.717) is 0 Å². The minimum Gasteiger partial charge on any atom is -0.324 e. The Bertz CT molecular complexity index is 702. The van der Waals surface area contributed by atoms with Gasteiger partial charge in [0.15, 0.2) is 0 Å². The largest absolute Gasteiger partial charge is 0.324 e. The van der Waals surface area contributed by atoms with Crippen LogP contribution in [-0.4, -0.2) is 5.91 Å². The number of hydrogen-bond donors (Lipinski definition) is 1. The standard InChI is InChI=1S/C16H11NO/c18-15-16(13-7-3-4-8-14(13)17-15)10-9-11-5-1-2-6-12(11)16/h1-10H,(H,17,18). The average Bonchev–Trinajstić information content (AvgIpc) is 2.92. The van der Waals surface area contributed by atoms with Gasteiger partial charge in [0.25, 0.3) is 0 Å². The molecule has 86 valence electrons. The highest BCUT2D eigenvalue weighted by Crippen LogP contribution is 2.48. The molecule has 2 heteroatoms. The molecule has 2 aromatic carbocycles. The summed E-state index contributed by atoms with van der Waals surface area (Å²) in [6.45, 7) is 0. The number of carbonyl (C=O) groups excluding carboxylic acids is 1. The van der Waals surface area contributed by atoms with Gasteiger partial charge in [-0.15, -0.1) is 0 Å². The fourth-order valence-electron chi connectivity index (χ4n) is 3.02. The molecule has 1 heterocycles. The fourth-order valence-corrected chi connectivity index (χ4v) is 3.02. The lowest BCUT2D eigenvalue weighted by Crippen LogP contribution is -2.32. The monoisotopic (exact) mass is 233 g/mol. The molecule has 2 aliphatic rings. The predicted molar refractivity (Wildman–Crippen MR) is 71.3 cm³/mol. The van der Waals surface area contributed by atoms with E-state index in [4.69, 9.17) is 0 Å². The SMILES string of the molecule is O=C1Nc2ccccc2C12C=Cc1ccccc12. The summed E-state index contributed by atoms with van der Waals surface area (Å²) >= 11 is 0. The molecule has 0 saturated heterocycles. The van der Waals surface area contributed by atoms with Gasteiger partial charge in [0.1, 0.15) is 5.41 Å². The third kappa shape index (κ3) is 0.962. The summed E-state index contributed by atoms with van der Waals surface area (Å²) in [7, 11) is 0. The molecule has 2 nitrogen and oxygen atoms in total. The molecule has 1 aliphatic carbocycles. The maximum atomic E-state index is 12.5. The van der Waals surface area contributed by atoms with Crippen molar-refractivity contribution in [3.05, 3.63) is 71.3 Å². The van der Waals surface area contributed by atoms with E-state index in [1.165, 1.54) is 0 Å². The first-order valence-electron chi connectivity index (χ1n) is 6.02. The van der Waals surface area contributed by atoms with Crippen LogP contribution in [0.5, 0.6) is 0 Å². The summed E-state index contributed by atoms with van der Waals surface area (Å²) in [5.74, 6) is 0.0462. The number of hydrogen-bond acceptors (Lipinski definition) is 1. The van der Waals surface area contributed by atoms with E-state index in [0.717, 1.165) is 22.4 Å². The quantitative estimate of drug-likeness (QED) is 0.744. The number of amides is 1. The highest BCUT2D eigenvalue weighted by molar-refractivity contribution is 6.12. The van der Waals surface area contributed by atoms with Gasteiger partial charge in [-0.25, -0.2) is 0 Å². The lowest BCUT2D eigenvalue weighted by atomic mass is 9.77. The van der Waals surface area contributed by atoms with Crippen molar-refractivity contribution >= 4 is 17.7 Å². The summed E-state index contributed by atoms with van der Waals surface area (Å²) in [5.41, 5.74) is 3.56. The third-order valence-electron chi connectivity index (χ3n) is 3.86. The highest BCUT2D eigenvalue weighted by atomic mass is 16.2. The van der Waals surface area contributed by atoms with Gasteiger partial charge in [-0.3, -0.25) is 4.79 Å². The maximum absolute atomic E-state index is 12.5. The zero-order valence-electron chi connectivity index (χ0n) is 9.68. The average molecular weight is 233 g/mol. The summed E-state index contributed by atoms with van der Waals surface area (Å²) in [6.07, 6.45) is 4.05. The first-order chi connectivity index (χ1) is 8.82. The Balaban J connectivity index is 2.07. The van der Waals surface area contributed by atoms with Crippen molar-refractivity contribution in [2.75, 3.05) is 5.32 Å². The minimum atomic E-state index is -0.618. The molecule has 4 rings (SSSR count). The lowest BCUT2D eigenvalue weighted by Gasteiger charge is -2.21. The number of rotatable bonds is 0. The minimum absolute atomic E-state index is 0.0462. The molecular formula is C16H11NO. The number of fused-ring (bicyclic) bond motifs is 4. The first-order valence-corrected chi connectivity index (χ1v) is 6.02. The van der Waals surface area contributed by atoms with Gasteiger partial charge in [-0.05, 0) is 22.8 Å². The van der Waals surface area contributed by atoms with Crippen molar-refractivity contribution in [3.63, 3.8) is 0 Å². The first kappa shape index (κ1) is 9.66. The van der Waals surface area contributed by atoms with Crippen LogP contribution in [0.4, 0.5) is 5.69 Å². The maximum Gasteiger partial charge on any atom is 0.243 e. The van der Waals surface area contributed by atoms with Crippen molar-refractivity contribution in [2.24, 2.45) is 0 Å². The van der Waals surface area contributed by atoms with Gasteiger partial charge in [-0.2, -0.15) is 0 Å². The Morgan fingerprint density at radius 3 is 2.50 bits per heavy atom. The van der Waals surface area contributed by atoms with Crippen LogP contribution in [0.3, 0.4) is 0 Å². The summed E-state index contributed by atoms with van der Waals surface area (Å²) < 4.78 is 0. The Hall–Kier alpha value is -2.35. The molecule has 2 aromatic rings. The highest BCUT2D eigenvalue weighted by Gasteiger charge is 2.48. The number of para-hydroxylation sites is 1. The van der Waals surface area contributed by atoms with E-state index in [2.05, 4.69) is 11.4 Å². The second-order valence-electron chi connectivity index (χ2n) is 4.73. The Labute approximate surface area is 105 Å². The van der Waals surface area contributed by atoms with E-state index in [9.17, 15) is 4.79 Å². The van der Waals surface area contributed by atoms with Crippen molar-refractivity contribution in [3.8, 4) is 0 Å².